The van der Waals surface area contributed by atoms with Gasteiger partial charge in [0.25, 0.3) is 5.91 Å². The van der Waals surface area contributed by atoms with E-state index in [2.05, 4.69) is 58.2 Å². The van der Waals surface area contributed by atoms with Crippen LogP contribution in [0.4, 0.5) is 0 Å². The molecule has 0 radical (unpaired) electrons. The van der Waals surface area contributed by atoms with E-state index in [-0.39, 0.29) is 5.91 Å². The fourth-order valence-electron chi connectivity index (χ4n) is 3.06. The molecule has 3 heteroatoms. The lowest BCUT2D eigenvalue weighted by atomic mass is 10.1. The van der Waals surface area contributed by atoms with Crippen molar-refractivity contribution in [1.82, 2.24) is 5.32 Å². The van der Waals surface area contributed by atoms with Gasteiger partial charge in [-0.3, -0.25) is 4.79 Å². The summed E-state index contributed by atoms with van der Waals surface area (Å²) in [6, 6.07) is 7.93. The van der Waals surface area contributed by atoms with Crippen LogP contribution in [0, 0.1) is 0 Å². The molecule has 1 amide bonds. The molecule has 1 N–H and O–H groups in total. The maximum atomic E-state index is 12.5. The largest absolute Gasteiger partial charge is 0.352 e. The van der Waals surface area contributed by atoms with E-state index < -0.39 is 0 Å². The van der Waals surface area contributed by atoms with Crippen LogP contribution in [0.2, 0.25) is 0 Å². The zero-order valence-electron chi connectivity index (χ0n) is 19.7. The van der Waals surface area contributed by atoms with Crippen molar-refractivity contribution < 1.29 is 4.79 Å². The van der Waals surface area contributed by atoms with Gasteiger partial charge in [-0.05, 0) is 71.9 Å². The van der Waals surface area contributed by atoms with Crippen LogP contribution in [-0.4, -0.2) is 18.2 Å². The molecule has 30 heavy (non-hydrogen) atoms. The van der Waals surface area contributed by atoms with Crippen molar-refractivity contribution in [3.8, 4) is 0 Å². The number of hydrogen-bond donors (Lipinski definition) is 1. The van der Waals surface area contributed by atoms with Crippen LogP contribution in [0.15, 0.2) is 64.1 Å². The van der Waals surface area contributed by atoms with Crippen molar-refractivity contribution in [2.45, 2.75) is 84.5 Å². The normalized spacial score (nSPS) is 12.0. The summed E-state index contributed by atoms with van der Waals surface area (Å²) in [4.78, 5) is 13.6. The van der Waals surface area contributed by atoms with Crippen molar-refractivity contribution in [2.75, 3.05) is 12.3 Å². The fourth-order valence-corrected chi connectivity index (χ4v) is 4.10. The van der Waals surface area contributed by atoms with Crippen LogP contribution >= 0.6 is 11.8 Å². The molecule has 0 unspecified atom stereocenters. The van der Waals surface area contributed by atoms with E-state index in [1.165, 1.54) is 23.1 Å². The molecule has 0 aromatic heterocycles. The Morgan fingerprint density at radius 1 is 0.933 bits per heavy atom. The first kappa shape index (κ1) is 26.3. The zero-order valence-corrected chi connectivity index (χ0v) is 20.5. The third-order valence-electron chi connectivity index (χ3n) is 4.99. The van der Waals surface area contributed by atoms with Crippen LogP contribution in [-0.2, 0) is 0 Å². The fraction of sp³-hybridized carbons (Fsp3) is 0.519. The molecule has 0 saturated heterocycles. The Hall–Kier alpha value is -1.74. The lowest BCUT2D eigenvalue weighted by Crippen LogP contribution is -2.24. The Labute approximate surface area is 189 Å². The second kappa shape index (κ2) is 16.0. The molecule has 0 bridgehead atoms. The smallest absolute Gasteiger partial charge is 0.252 e. The summed E-state index contributed by atoms with van der Waals surface area (Å²) >= 11 is 1.74. The lowest BCUT2D eigenvalue weighted by molar-refractivity contribution is 0.0950. The molecule has 166 valence electrons. The van der Waals surface area contributed by atoms with Crippen molar-refractivity contribution in [3.63, 3.8) is 0 Å². The molecule has 2 nitrogen and oxygen atoms in total. The highest BCUT2D eigenvalue weighted by atomic mass is 32.2. The van der Waals surface area contributed by atoms with Gasteiger partial charge in [0.15, 0.2) is 0 Å². The second-order valence-electron chi connectivity index (χ2n) is 8.23. The van der Waals surface area contributed by atoms with Gasteiger partial charge in [0.2, 0.25) is 0 Å². The van der Waals surface area contributed by atoms with Crippen LogP contribution < -0.4 is 5.32 Å². The van der Waals surface area contributed by atoms with E-state index in [9.17, 15) is 4.79 Å². The van der Waals surface area contributed by atoms with E-state index in [1.807, 2.05) is 24.3 Å². The summed E-state index contributed by atoms with van der Waals surface area (Å²) in [5.41, 5.74) is 5.08. The first-order chi connectivity index (χ1) is 14.4. The summed E-state index contributed by atoms with van der Waals surface area (Å²) < 4.78 is 0. The average Bonchev–Trinajstić information content (AvgIpc) is 2.71. The topological polar surface area (TPSA) is 29.1 Å². The van der Waals surface area contributed by atoms with Gasteiger partial charge in [-0.25, -0.2) is 0 Å². The molecule has 0 heterocycles. The van der Waals surface area contributed by atoms with Gasteiger partial charge in [-0.15, -0.1) is 11.8 Å². The maximum Gasteiger partial charge on any atom is 0.252 e. The number of hydrogen-bond acceptors (Lipinski definition) is 2. The first-order valence-electron chi connectivity index (χ1n) is 11.4. The molecular formula is C27H41NOS. The van der Waals surface area contributed by atoms with Crippen LogP contribution in [0.1, 0.15) is 89.9 Å². The number of allylic oxidation sites excluding steroid dienone is 5. The Balaban J connectivity index is 2.45. The van der Waals surface area contributed by atoms with Crippen molar-refractivity contribution in [1.29, 1.82) is 0 Å². The van der Waals surface area contributed by atoms with Crippen molar-refractivity contribution >= 4 is 17.7 Å². The monoisotopic (exact) mass is 427 g/mol. The third kappa shape index (κ3) is 12.1. The van der Waals surface area contributed by atoms with Gasteiger partial charge in [0.05, 0.1) is 5.56 Å². The minimum atomic E-state index is 0.0450. The summed E-state index contributed by atoms with van der Waals surface area (Å²) in [6.07, 6.45) is 14.8. The van der Waals surface area contributed by atoms with Crippen LogP contribution in [0.3, 0.4) is 0 Å². The predicted molar refractivity (Wildman–Crippen MR) is 134 cm³/mol. The molecule has 0 spiro atoms. The minimum absolute atomic E-state index is 0.0450. The van der Waals surface area contributed by atoms with Gasteiger partial charge < -0.3 is 5.32 Å². The molecule has 0 aliphatic rings. The highest BCUT2D eigenvalue weighted by Crippen LogP contribution is 2.23. The molecule has 0 saturated carbocycles. The number of thioether (sulfide) groups is 1. The van der Waals surface area contributed by atoms with Gasteiger partial charge >= 0.3 is 0 Å². The van der Waals surface area contributed by atoms with Gasteiger partial charge in [-0.2, -0.15) is 0 Å². The van der Waals surface area contributed by atoms with Crippen LogP contribution in [0.25, 0.3) is 0 Å². The average molecular weight is 428 g/mol. The van der Waals surface area contributed by atoms with E-state index in [1.54, 1.807) is 11.8 Å². The molecule has 0 aliphatic heterocycles. The Morgan fingerprint density at radius 3 is 2.30 bits per heavy atom. The quantitative estimate of drug-likeness (QED) is 0.184. The van der Waals surface area contributed by atoms with E-state index >= 15 is 0 Å². The minimum Gasteiger partial charge on any atom is -0.352 e. The molecule has 1 aromatic carbocycles. The summed E-state index contributed by atoms with van der Waals surface area (Å²) in [5, 5.41) is 3.05. The van der Waals surface area contributed by atoms with Crippen molar-refractivity contribution in [2.24, 2.45) is 0 Å². The van der Waals surface area contributed by atoms with Gasteiger partial charge in [-0.1, -0.05) is 66.8 Å². The Bertz CT molecular complexity index is 726. The molecule has 0 atom stereocenters. The standard InChI is InChI=1S/C27H41NOS/c1-6-7-10-20-28-27(29)25-17-8-9-18-26(25)30-21-19-24(5)16-12-15-23(4)14-11-13-22(2)3/h8-9,13,15,17-19H,6-7,10-12,14,16,20-21H2,1-5H3,(H,28,29)/b23-15+,24-19+. The number of nitrogens with one attached hydrogen (secondary N) is 1. The summed E-state index contributed by atoms with van der Waals surface area (Å²) in [5.74, 6) is 0.943. The second-order valence-corrected chi connectivity index (χ2v) is 9.29. The highest BCUT2D eigenvalue weighted by Gasteiger charge is 2.10. The van der Waals surface area contributed by atoms with Crippen LogP contribution in [0.5, 0.6) is 0 Å². The molecule has 1 aromatic rings. The molecule has 0 aliphatic carbocycles. The predicted octanol–water partition coefficient (Wildman–Crippen LogP) is 8.12. The van der Waals surface area contributed by atoms with Gasteiger partial charge in [0, 0.05) is 17.2 Å². The summed E-state index contributed by atoms with van der Waals surface area (Å²) in [7, 11) is 0. The van der Waals surface area contributed by atoms with E-state index in [0.29, 0.717) is 0 Å². The third-order valence-corrected chi connectivity index (χ3v) is 5.99. The number of benzene rings is 1. The SMILES string of the molecule is CCCCCNC(=O)c1ccccc1SC/C=C(\C)CC/C=C(\C)CCC=C(C)C. The van der Waals surface area contributed by atoms with Crippen molar-refractivity contribution in [3.05, 3.63) is 64.8 Å². The zero-order chi connectivity index (χ0) is 22.2. The van der Waals surface area contributed by atoms with E-state index in [0.717, 1.165) is 61.3 Å². The Kier molecular flexibility index (Phi) is 14.0. The number of carbonyl (C=O) groups is 1. The number of amides is 1. The molecule has 0 fully saturated rings. The molecule has 1 rings (SSSR count). The number of unbranched alkanes of at least 4 members (excludes halogenated alkanes) is 2. The maximum absolute atomic E-state index is 12.5. The summed E-state index contributed by atoms with van der Waals surface area (Å²) in [6.45, 7) is 11.7. The molecular weight excluding hydrogens is 386 g/mol. The van der Waals surface area contributed by atoms with Gasteiger partial charge in [0.1, 0.15) is 0 Å². The highest BCUT2D eigenvalue weighted by molar-refractivity contribution is 7.99. The van der Waals surface area contributed by atoms with E-state index in [4.69, 9.17) is 0 Å². The lowest BCUT2D eigenvalue weighted by Gasteiger charge is -2.09. The number of rotatable bonds is 14. The Morgan fingerprint density at radius 2 is 1.60 bits per heavy atom. The first-order valence-corrected chi connectivity index (χ1v) is 12.4. The number of carbonyl (C=O) groups excluding carboxylic acids is 1.